The molecule has 51 heavy (non-hydrogen) atoms. The van der Waals surface area contributed by atoms with Crippen molar-refractivity contribution in [3.63, 3.8) is 0 Å². The van der Waals surface area contributed by atoms with E-state index in [0.29, 0.717) is 16.7 Å². The second-order valence-corrected chi connectivity index (χ2v) is 11.7. The van der Waals surface area contributed by atoms with Gasteiger partial charge in [-0.05, 0) is 65.4 Å². The smallest absolute Gasteiger partial charge is 0.0774 e. The van der Waals surface area contributed by atoms with E-state index in [0.717, 1.165) is 50.3 Å². The number of fused-ring (bicyclic) bond motifs is 2. The van der Waals surface area contributed by atoms with Gasteiger partial charge in [0.2, 0.25) is 0 Å². The van der Waals surface area contributed by atoms with Crippen LogP contribution in [0.15, 0.2) is 174 Å². The summed E-state index contributed by atoms with van der Waals surface area (Å²) in [7, 11) is 0. The van der Waals surface area contributed by atoms with Gasteiger partial charge in [-0.2, -0.15) is 0 Å². The number of aryl methyl sites for hydroxylation is 1. The van der Waals surface area contributed by atoms with Gasteiger partial charge in [0.15, 0.2) is 0 Å². The number of benzene rings is 6. The van der Waals surface area contributed by atoms with Crippen molar-refractivity contribution in [1.82, 2.24) is 14.5 Å². The third-order valence-corrected chi connectivity index (χ3v) is 8.34. The zero-order valence-electron chi connectivity index (χ0n) is 32.2. The molecule has 3 heterocycles. The summed E-state index contributed by atoms with van der Waals surface area (Å²) < 4.78 is 47.2. The normalized spacial score (nSPS) is 12.7. The van der Waals surface area contributed by atoms with Gasteiger partial charge in [-0.25, -0.2) is 0 Å². The van der Waals surface area contributed by atoms with Gasteiger partial charge in [0.05, 0.1) is 16.9 Å². The Morgan fingerprint density at radius 2 is 1.47 bits per heavy atom. The molecule has 0 fully saturated rings. The van der Waals surface area contributed by atoms with Crippen LogP contribution in [0.4, 0.5) is 0 Å². The zero-order chi connectivity index (χ0) is 38.0. The van der Waals surface area contributed by atoms with Crippen LogP contribution in [0.5, 0.6) is 0 Å². The molecular formula is C46H33IrN3O-2. The Balaban J connectivity index is 0.000000238. The van der Waals surface area contributed by atoms with Crippen molar-refractivity contribution in [1.29, 1.82) is 0 Å². The average molecular weight is 841 g/mol. The Labute approximate surface area is 318 Å². The molecule has 4 nitrogen and oxygen atoms in total. The summed E-state index contributed by atoms with van der Waals surface area (Å²) >= 11 is 0. The number of rotatable bonds is 6. The van der Waals surface area contributed by atoms with Crippen LogP contribution in [-0.4, -0.2) is 14.5 Å². The number of pyridine rings is 1. The molecule has 0 unspecified atom stereocenters. The van der Waals surface area contributed by atoms with Gasteiger partial charge in [0.25, 0.3) is 0 Å². The Morgan fingerprint density at radius 1 is 0.725 bits per heavy atom. The SMILES string of the molecule is [2H]C([2H])([2H])c1ccc(-c2[c-]cccc2)nc1.[2H]C([2H])(c1ccccc1)c1ccc2c(-c3nc4ccccc4n3-c3ccc(-c4ccccc4)cc3)[c-]oc2c1.[Ir]. The number of furan rings is 1. The molecule has 0 saturated heterocycles. The maximum Gasteiger partial charge on any atom is 0.0774 e. The Hall–Kier alpha value is -5.87. The quantitative estimate of drug-likeness (QED) is 0.157. The first kappa shape index (κ1) is 27.9. The van der Waals surface area contributed by atoms with Crippen molar-refractivity contribution in [3.05, 3.63) is 199 Å². The zero-order valence-corrected chi connectivity index (χ0v) is 29.6. The van der Waals surface area contributed by atoms with E-state index in [4.69, 9.17) is 16.3 Å². The molecule has 9 aromatic rings. The Bertz CT molecular complexity index is 2700. The van der Waals surface area contributed by atoms with E-state index in [-0.39, 0.29) is 25.7 Å². The molecule has 9 rings (SSSR count). The Kier molecular flexibility index (Phi) is 8.40. The summed E-state index contributed by atoms with van der Waals surface area (Å²) in [6, 6.07) is 55.3. The molecule has 6 aromatic carbocycles. The van der Waals surface area contributed by atoms with E-state index in [9.17, 15) is 0 Å². The third kappa shape index (κ3) is 7.36. The van der Waals surface area contributed by atoms with Gasteiger partial charge in [0.1, 0.15) is 0 Å². The molecule has 0 aliphatic carbocycles. The molecule has 0 bridgehead atoms. The number of hydrogen-bond acceptors (Lipinski definition) is 3. The van der Waals surface area contributed by atoms with Gasteiger partial charge in [0, 0.05) is 50.7 Å². The molecule has 3 aromatic heterocycles. The van der Waals surface area contributed by atoms with E-state index in [1.165, 1.54) is 11.8 Å². The molecule has 249 valence electrons. The fraction of sp³-hybridized carbons (Fsp3) is 0.0435. The van der Waals surface area contributed by atoms with Crippen molar-refractivity contribution in [3.8, 4) is 39.5 Å². The van der Waals surface area contributed by atoms with E-state index in [2.05, 4.69) is 64.3 Å². The van der Waals surface area contributed by atoms with Gasteiger partial charge in [-0.15, -0.1) is 42.0 Å². The molecule has 0 spiro atoms. The number of nitrogens with zero attached hydrogens (tertiary/aromatic N) is 3. The van der Waals surface area contributed by atoms with Gasteiger partial charge in [-0.3, -0.25) is 4.98 Å². The second-order valence-electron chi connectivity index (χ2n) is 11.7. The van der Waals surface area contributed by atoms with Crippen LogP contribution in [-0.2, 0) is 26.5 Å². The number of imidazole rings is 1. The van der Waals surface area contributed by atoms with Crippen molar-refractivity contribution in [2.45, 2.75) is 13.2 Å². The first-order valence-corrected chi connectivity index (χ1v) is 16.2. The minimum absolute atomic E-state index is 0. The van der Waals surface area contributed by atoms with E-state index < -0.39 is 13.2 Å². The molecule has 0 amide bonds. The maximum absolute atomic E-state index is 8.75. The number of aromatic nitrogens is 3. The van der Waals surface area contributed by atoms with Crippen LogP contribution >= 0.6 is 0 Å². The topological polar surface area (TPSA) is 43.9 Å². The first-order valence-electron chi connectivity index (χ1n) is 18.7. The van der Waals surface area contributed by atoms with Crippen LogP contribution < -0.4 is 0 Å². The van der Waals surface area contributed by atoms with Crippen LogP contribution in [0.1, 0.15) is 23.5 Å². The van der Waals surface area contributed by atoms with Crippen molar-refractivity contribution < 1.29 is 31.4 Å². The molecule has 1 radical (unpaired) electrons. The standard InChI is InChI=1S/C34H23N2O.C12H10N.Ir/c1-3-9-24(10-4-1)21-25-15-20-29-30(23-37-33(29)22-25)34-35-31-13-7-8-14-32(31)36(34)28-18-16-27(17-19-28)26-11-5-2-6-12-26;1-10-7-8-12(13-9-10)11-5-3-2-4-6-11;/h1-20,22H,21H2;2-5,7-9H,1H3;/q2*-1;/i21D2;1D3;. The third-order valence-electron chi connectivity index (χ3n) is 8.34. The average Bonchev–Trinajstić information content (AvgIpc) is 3.83. The Morgan fingerprint density at radius 3 is 2.22 bits per heavy atom. The fourth-order valence-corrected chi connectivity index (χ4v) is 5.90. The van der Waals surface area contributed by atoms with Crippen molar-refractivity contribution in [2.75, 3.05) is 0 Å². The summed E-state index contributed by atoms with van der Waals surface area (Å²) in [5, 5.41) is 0.833. The van der Waals surface area contributed by atoms with E-state index in [1.807, 2.05) is 84.9 Å². The van der Waals surface area contributed by atoms with Crippen molar-refractivity contribution >= 4 is 22.0 Å². The van der Waals surface area contributed by atoms with E-state index in [1.54, 1.807) is 36.4 Å². The summed E-state index contributed by atoms with van der Waals surface area (Å²) in [4.78, 5) is 9.10. The van der Waals surface area contributed by atoms with Crippen LogP contribution in [0.2, 0.25) is 0 Å². The van der Waals surface area contributed by atoms with Crippen LogP contribution in [0.25, 0.3) is 61.5 Å². The fourth-order valence-electron chi connectivity index (χ4n) is 5.90. The number of para-hydroxylation sites is 2. The minimum atomic E-state index is -2.09. The van der Waals surface area contributed by atoms with E-state index >= 15 is 0 Å². The second kappa shape index (κ2) is 15.3. The predicted molar refractivity (Wildman–Crippen MR) is 203 cm³/mol. The number of hydrogen-bond donors (Lipinski definition) is 0. The van der Waals surface area contributed by atoms with Crippen LogP contribution in [0.3, 0.4) is 0 Å². The molecule has 0 saturated carbocycles. The van der Waals surface area contributed by atoms with Gasteiger partial charge < -0.3 is 14.0 Å². The monoisotopic (exact) mass is 841 g/mol. The van der Waals surface area contributed by atoms with Crippen molar-refractivity contribution in [2.24, 2.45) is 0 Å². The molecule has 0 aliphatic rings. The van der Waals surface area contributed by atoms with Crippen LogP contribution in [0, 0.1) is 19.2 Å². The summed E-state index contributed by atoms with van der Waals surface area (Å²) in [5.74, 6) is 0.723. The predicted octanol–water partition coefficient (Wildman–Crippen LogP) is 11.4. The molecule has 0 aliphatic heterocycles. The molecular weight excluding hydrogens is 803 g/mol. The first-order chi connectivity index (χ1) is 26.7. The summed E-state index contributed by atoms with van der Waals surface area (Å²) in [5.41, 5.74) is 9.44. The largest absolute Gasteiger partial charge is 0.557 e. The molecule has 5 heteroatoms. The van der Waals surface area contributed by atoms with Gasteiger partial charge in [-0.1, -0.05) is 126 Å². The maximum atomic E-state index is 8.75. The van der Waals surface area contributed by atoms with Gasteiger partial charge >= 0.3 is 0 Å². The minimum Gasteiger partial charge on any atom is -0.557 e. The molecule has 0 N–H and O–H groups in total. The molecule has 0 atom stereocenters. The summed E-state index contributed by atoms with van der Waals surface area (Å²) in [6.07, 6.45) is 2.81. The summed E-state index contributed by atoms with van der Waals surface area (Å²) in [6.45, 7) is -2.09.